The van der Waals surface area contributed by atoms with Gasteiger partial charge in [-0.25, -0.2) is 0 Å². The van der Waals surface area contributed by atoms with E-state index in [1.165, 1.54) is 24.1 Å². The van der Waals surface area contributed by atoms with Crippen molar-refractivity contribution in [2.45, 2.75) is 31.3 Å². The fourth-order valence-corrected chi connectivity index (χ4v) is 3.11. The Labute approximate surface area is 114 Å². The summed E-state index contributed by atoms with van der Waals surface area (Å²) < 4.78 is 0. The highest BCUT2D eigenvalue weighted by molar-refractivity contribution is 5.30. The molecule has 1 unspecified atom stereocenters. The SMILES string of the molecule is C=C1N[C@@H](Cc2ccc(O)cc2)C(=C)N2CCCC12. The smallest absolute Gasteiger partial charge is 0.115 e. The Balaban J connectivity index is 1.76. The van der Waals surface area contributed by atoms with Crippen molar-refractivity contribution < 1.29 is 5.11 Å². The van der Waals surface area contributed by atoms with Crippen LogP contribution in [0.15, 0.2) is 48.8 Å². The summed E-state index contributed by atoms with van der Waals surface area (Å²) in [7, 11) is 0. The number of nitrogens with zero attached hydrogens (tertiary/aromatic N) is 1. The highest BCUT2D eigenvalue weighted by atomic mass is 16.3. The van der Waals surface area contributed by atoms with Crippen LogP contribution in [0.25, 0.3) is 0 Å². The second kappa shape index (κ2) is 4.65. The first-order valence-corrected chi connectivity index (χ1v) is 6.84. The molecule has 2 fully saturated rings. The summed E-state index contributed by atoms with van der Waals surface area (Å²) in [4.78, 5) is 2.39. The summed E-state index contributed by atoms with van der Waals surface area (Å²) in [5, 5.41) is 12.8. The lowest BCUT2D eigenvalue weighted by Gasteiger charge is -2.41. The predicted octanol–water partition coefficient (Wildman–Crippen LogP) is 2.40. The fraction of sp³-hybridized carbons (Fsp3) is 0.375. The lowest BCUT2D eigenvalue weighted by atomic mass is 9.98. The number of nitrogens with one attached hydrogen (secondary N) is 1. The molecule has 3 heteroatoms. The molecule has 0 spiro atoms. The van der Waals surface area contributed by atoms with Gasteiger partial charge in [-0.2, -0.15) is 0 Å². The summed E-state index contributed by atoms with van der Waals surface area (Å²) >= 11 is 0. The van der Waals surface area contributed by atoms with Crippen molar-refractivity contribution in [2.24, 2.45) is 0 Å². The standard InChI is InChI=1S/C16H20N2O/c1-11-16-4-3-9-18(16)12(2)15(17-11)10-13-5-7-14(19)8-6-13/h5-8,15-17,19H,1-4,9-10H2/t15-,16?/m0/s1. The van der Waals surface area contributed by atoms with E-state index in [4.69, 9.17) is 0 Å². The zero-order valence-corrected chi connectivity index (χ0v) is 11.1. The second-order valence-electron chi connectivity index (χ2n) is 5.44. The molecule has 0 bridgehead atoms. The minimum Gasteiger partial charge on any atom is -0.508 e. The Morgan fingerprint density at radius 2 is 2.00 bits per heavy atom. The molecule has 2 N–H and O–H groups in total. The normalized spacial score (nSPS) is 26.2. The Hall–Kier alpha value is -1.90. The number of hydrogen-bond acceptors (Lipinski definition) is 3. The molecule has 19 heavy (non-hydrogen) atoms. The summed E-state index contributed by atoms with van der Waals surface area (Å²) in [5.74, 6) is 0.309. The molecule has 100 valence electrons. The van der Waals surface area contributed by atoms with Crippen LogP contribution in [0.5, 0.6) is 5.75 Å². The van der Waals surface area contributed by atoms with Gasteiger partial charge in [-0.05, 0) is 37.0 Å². The number of benzene rings is 1. The summed E-state index contributed by atoms with van der Waals surface area (Å²) in [6.45, 7) is 9.52. The third-order valence-electron chi connectivity index (χ3n) is 4.16. The quantitative estimate of drug-likeness (QED) is 0.853. The van der Waals surface area contributed by atoms with E-state index < -0.39 is 0 Å². The van der Waals surface area contributed by atoms with Crippen molar-refractivity contribution >= 4 is 0 Å². The van der Waals surface area contributed by atoms with E-state index in [1.807, 2.05) is 12.1 Å². The maximum atomic E-state index is 9.32. The first kappa shape index (κ1) is 12.2. The molecule has 1 aromatic carbocycles. The molecule has 0 amide bonds. The van der Waals surface area contributed by atoms with E-state index in [0.717, 1.165) is 18.7 Å². The number of fused-ring (bicyclic) bond motifs is 1. The third kappa shape index (κ3) is 2.21. The molecule has 0 radical (unpaired) electrons. The second-order valence-corrected chi connectivity index (χ2v) is 5.44. The molecular weight excluding hydrogens is 236 g/mol. The van der Waals surface area contributed by atoms with Crippen LogP contribution in [0.1, 0.15) is 18.4 Å². The number of aromatic hydroxyl groups is 1. The van der Waals surface area contributed by atoms with Gasteiger partial charge in [-0.15, -0.1) is 0 Å². The number of piperazine rings is 1. The first-order valence-electron chi connectivity index (χ1n) is 6.84. The molecule has 3 nitrogen and oxygen atoms in total. The van der Waals surface area contributed by atoms with Gasteiger partial charge in [0.1, 0.15) is 5.75 Å². The van der Waals surface area contributed by atoms with E-state index in [0.29, 0.717) is 11.8 Å². The van der Waals surface area contributed by atoms with E-state index >= 15 is 0 Å². The Morgan fingerprint density at radius 1 is 1.26 bits per heavy atom. The molecule has 2 aliphatic heterocycles. The maximum absolute atomic E-state index is 9.32. The van der Waals surface area contributed by atoms with Crippen LogP contribution in [0, 0.1) is 0 Å². The fourth-order valence-electron chi connectivity index (χ4n) is 3.11. The van der Waals surface area contributed by atoms with E-state index in [2.05, 4.69) is 23.4 Å². The van der Waals surface area contributed by atoms with Crippen LogP contribution in [0.3, 0.4) is 0 Å². The van der Waals surface area contributed by atoms with Gasteiger partial charge >= 0.3 is 0 Å². The minimum atomic E-state index is 0.214. The van der Waals surface area contributed by atoms with Crippen LogP contribution in [0.4, 0.5) is 0 Å². The maximum Gasteiger partial charge on any atom is 0.115 e. The number of phenolic OH excluding ortho intramolecular Hbond substituents is 1. The lowest BCUT2D eigenvalue weighted by Crippen LogP contribution is -2.50. The molecular formula is C16H20N2O. The number of rotatable bonds is 2. The summed E-state index contributed by atoms with van der Waals surface area (Å²) in [6, 6.07) is 8.03. The Bertz CT molecular complexity index is 506. The highest BCUT2D eigenvalue weighted by Crippen LogP contribution is 2.32. The molecule has 2 atom stereocenters. The zero-order chi connectivity index (χ0) is 13.4. The van der Waals surface area contributed by atoms with Crippen molar-refractivity contribution in [1.82, 2.24) is 10.2 Å². The van der Waals surface area contributed by atoms with Crippen LogP contribution in [-0.2, 0) is 6.42 Å². The predicted molar refractivity (Wildman–Crippen MR) is 76.7 cm³/mol. The highest BCUT2D eigenvalue weighted by Gasteiger charge is 2.35. The molecule has 2 saturated heterocycles. The van der Waals surface area contributed by atoms with Gasteiger partial charge in [0.25, 0.3) is 0 Å². The Kier molecular flexibility index (Phi) is 2.97. The molecule has 2 heterocycles. The summed E-state index contributed by atoms with van der Waals surface area (Å²) in [5.41, 5.74) is 3.48. The van der Waals surface area contributed by atoms with Crippen molar-refractivity contribution in [3.63, 3.8) is 0 Å². The van der Waals surface area contributed by atoms with Crippen molar-refractivity contribution in [1.29, 1.82) is 0 Å². The number of phenols is 1. The molecule has 0 aliphatic carbocycles. The average Bonchev–Trinajstić information content (AvgIpc) is 2.88. The van der Waals surface area contributed by atoms with Crippen molar-refractivity contribution in [3.8, 4) is 5.75 Å². The van der Waals surface area contributed by atoms with Gasteiger partial charge in [0.2, 0.25) is 0 Å². The van der Waals surface area contributed by atoms with Crippen molar-refractivity contribution in [3.05, 3.63) is 54.4 Å². The molecule has 0 aromatic heterocycles. The topological polar surface area (TPSA) is 35.5 Å². The average molecular weight is 256 g/mol. The zero-order valence-electron chi connectivity index (χ0n) is 11.1. The van der Waals surface area contributed by atoms with Gasteiger partial charge in [-0.3, -0.25) is 0 Å². The molecule has 2 aliphatic rings. The van der Waals surface area contributed by atoms with Gasteiger partial charge in [0.15, 0.2) is 0 Å². The summed E-state index contributed by atoms with van der Waals surface area (Å²) in [6.07, 6.45) is 3.27. The van der Waals surface area contributed by atoms with Gasteiger partial charge in [-0.1, -0.05) is 25.3 Å². The van der Waals surface area contributed by atoms with Gasteiger partial charge in [0, 0.05) is 17.9 Å². The Morgan fingerprint density at radius 3 is 2.74 bits per heavy atom. The monoisotopic (exact) mass is 256 g/mol. The van der Waals surface area contributed by atoms with Gasteiger partial charge in [0.05, 0.1) is 12.1 Å². The van der Waals surface area contributed by atoms with E-state index in [1.54, 1.807) is 12.1 Å². The van der Waals surface area contributed by atoms with Crippen molar-refractivity contribution in [2.75, 3.05) is 6.54 Å². The van der Waals surface area contributed by atoms with Crippen LogP contribution < -0.4 is 5.32 Å². The molecule has 3 rings (SSSR count). The molecule has 0 saturated carbocycles. The first-order chi connectivity index (χ1) is 9.15. The van der Waals surface area contributed by atoms with Crippen LogP contribution in [-0.4, -0.2) is 28.6 Å². The van der Waals surface area contributed by atoms with Gasteiger partial charge < -0.3 is 15.3 Å². The van der Waals surface area contributed by atoms with Crippen LogP contribution in [0.2, 0.25) is 0 Å². The van der Waals surface area contributed by atoms with E-state index in [9.17, 15) is 5.11 Å². The molecule has 1 aromatic rings. The van der Waals surface area contributed by atoms with Crippen LogP contribution >= 0.6 is 0 Å². The largest absolute Gasteiger partial charge is 0.508 e. The number of hydrogen-bond donors (Lipinski definition) is 2. The van der Waals surface area contributed by atoms with E-state index in [-0.39, 0.29) is 6.04 Å². The third-order valence-corrected chi connectivity index (χ3v) is 4.16. The minimum absolute atomic E-state index is 0.214. The lowest BCUT2D eigenvalue weighted by molar-refractivity contribution is 0.272.